The number of methoxy groups -OCH3 is 1. The molecule has 26 heavy (non-hydrogen) atoms. The zero-order chi connectivity index (χ0) is 19.3. The standard InChI is InChI=1S/C18H20ClNO5S/c1-4-12-10-14(7-9-17(12)24-3)26(22,23)20-13-6-8-16(19)15(11-13)18(21)25-5-2/h6-11,20H,4-5H2,1-3H3. The van der Waals surface area contributed by atoms with Crippen LogP contribution in [0.5, 0.6) is 5.75 Å². The van der Waals surface area contributed by atoms with E-state index in [1.807, 2.05) is 6.92 Å². The van der Waals surface area contributed by atoms with Crippen molar-refractivity contribution in [3.8, 4) is 5.75 Å². The molecule has 0 radical (unpaired) electrons. The molecule has 6 nitrogen and oxygen atoms in total. The van der Waals surface area contributed by atoms with Crippen molar-refractivity contribution >= 4 is 33.3 Å². The summed E-state index contributed by atoms with van der Waals surface area (Å²) in [5.41, 5.74) is 1.09. The minimum atomic E-state index is -3.84. The van der Waals surface area contributed by atoms with Gasteiger partial charge in [-0.25, -0.2) is 13.2 Å². The van der Waals surface area contributed by atoms with Gasteiger partial charge in [-0.2, -0.15) is 0 Å². The molecule has 2 rings (SSSR count). The van der Waals surface area contributed by atoms with Crippen LogP contribution in [0.4, 0.5) is 5.69 Å². The number of carbonyl (C=O) groups excluding carboxylic acids is 1. The fourth-order valence-electron chi connectivity index (χ4n) is 2.37. The Balaban J connectivity index is 2.35. The third-order valence-electron chi connectivity index (χ3n) is 3.66. The summed E-state index contributed by atoms with van der Waals surface area (Å²) >= 11 is 6.00. The molecule has 8 heteroatoms. The number of halogens is 1. The molecule has 0 heterocycles. The third kappa shape index (κ3) is 4.47. The molecule has 0 atom stereocenters. The van der Waals surface area contributed by atoms with Crippen LogP contribution in [0.25, 0.3) is 0 Å². The van der Waals surface area contributed by atoms with Gasteiger partial charge in [-0.15, -0.1) is 0 Å². The van der Waals surface area contributed by atoms with E-state index in [4.69, 9.17) is 21.1 Å². The number of anilines is 1. The van der Waals surface area contributed by atoms with Crippen LogP contribution in [0.3, 0.4) is 0 Å². The van der Waals surface area contributed by atoms with Gasteiger partial charge in [0.1, 0.15) is 5.75 Å². The smallest absolute Gasteiger partial charge is 0.339 e. The van der Waals surface area contributed by atoms with E-state index >= 15 is 0 Å². The molecule has 2 aromatic carbocycles. The highest BCUT2D eigenvalue weighted by atomic mass is 35.5. The average Bonchev–Trinajstić information content (AvgIpc) is 2.62. The molecule has 0 amide bonds. The van der Waals surface area contributed by atoms with Crippen molar-refractivity contribution < 1.29 is 22.7 Å². The summed E-state index contributed by atoms with van der Waals surface area (Å²) in [5.74, 6) is 0.0128. The summed E-state index contributed by atoms with van der Waals surface area (Å²) in [7, 11) is -2.31. The normalized spacial score (nSPS) is 11.1. The Morgan fingerprint density at radius 2 is 1.88 bits per heavy atom. The second-order valence-corrected chi connectivity index (χ2v) is 7.44. The Morgan fingerprint density at radius 1 is 1.15 bits per heavy atom. The lowest BCUT2D eigenvalue weighted by Crippen LogP contribution is -2.14. The van der Waals surface area contributed by atoms with Crippen molar-refractivity contribution in [2.75, 3.05) is 18.4 Å². The summed E-state index contributed by atoms with van der Waals surface area (Å²) in [6.45, 7) is 3.77. The fraction of sp³-hybridized carbons (Fsp3) is 0.278. The number of hydrogen-bond acceptors (Lipinski definition) is 5. The molecule has 0 bridgehead atoms. The van der Waals surface area contributed by atoms with Gasteiger partial charge in [0.05, 0.1) is 29.2 Å². The van der Waals surface area contributed by atoms with Crippen LogP contribution in [0.1, 0.15) is 29.8 Å². The highest BCUT2D eigenvalue weighted by molar-refractivity contribution is 7.92. The summed E-state index contributed by atoms with van der Waals surface area (Å²) in [6.07, 6.45) is 0.625. The number of rotatable bonds is 7. The number of benzene rings is 2. The molecule has 0 unspecified atom stereocenters. The maximum Gasteiger partial charge on any atom is 0.339 e. The average molecular weight is 398 g/mol. The first-order valence-corrected chi connectivity index (χ1v) is 9.84. The van der Waals surface area contributed by atoms with Gasteiger partial charge >= 0.3 is 5.97 Å². The van der Waals surface area contributed by atoms with E-state index in [9.17, 15) is 13.2 Å². The topological polar surface area (TPSA) is 81.7 Å². The Morgan fingerprint density at radius 3 is 2.50 bits per heavy atom. The zero-order valence-corrected chi connectivity index (χ0v) is 16.3. The molecule has 2 aromatic rings. The second-order valence-electron chi connectivity index (χ2n) is 5.35. The fourth-order valence-corrected chi connectivity index (χ4v) is 3.66. The van der Waals surface area contributed by atoms with Gasteiger partial charge in [0, 0.05) is 5.69 Å². The maximum atomic E-state index is 12.7. The van der Waals surface area contributed by atoms with Gasteiger partial charge in [-0.05, 0) is 55.3 Å². The van der Waals surface area contributed by atoms with Gasteiger partial charge < -0.3 is 9.47 Å². The van der Waals surface area contributed by atoms with Crippen LogP contribution in [0.15, 0.2) is 41.3 Å². The van der Waals surface area contributed by atoms with Gasteiger partial charge in [0.25, 0.3) is 10.0 Å². The van der Waals surface area contributed by atoms with Crippen molar-refractivity contribution in [1.29, 1.82) is 0 Å². The maximum absolute atomic E-state index is 12.7. The van der Waals surface area contributed by atoms with Crippen LogP contribution >= 0.6 is 11.6 Å². The molecule has 0 aromatic heterocycles. The van der Waals surface area contributed by atoms with E-state index in [-0.39, 0.29) is 27.8 Å². The first-order chi connectivity index (χ1) is 12.3. The minimum Gasteiger partial charge on any atom is -0.496 e. The highest BCUT2D eigenvalue weighted by Crippen LogP contribution is 2.26. The number of nitrogens with one attached hydrogen (secondary N) is 1. The second kappa shape index (κ2) is 8.42. The Hall–Kier alpha value is -2.25. The van der Waals surface area contributed by atoms with Crippen molar-refractivity contribution in [1.82, 2.24) is 0 Å². The number of esters is 1. The predicted octanol–water partition coefficient (Wildman–Crippen LogP) is 3.89. The van der Waals surface area contributed by atoms with E-state index in [0.29, 0.717) is 12.2 Å². The quantitative estimate of drug-likeness (QED) is 0.717. The molecule has 0 spiro atoms. The summed E-state index contributed by atoms with van der Waals surface area (Å²) < 4.78 is 37.9. The summed E-state index contributed by atoms with van der Waals surface area (Å²) in [4.78, 5) is 12.0. The van der Waals surface area contributed by atoms with E-state index < -0.39 is 16.0 Å². The summed E-state index contributed by atoms with van der Waals surface area (Å²) in [5, 5.41) is 0.184. The van der Waals surface area contributed by atoms with Gasteiger partial charge in [0.15, 0.2) is 0 Å². The van der Waals surface area contributed by atoms with Crippen LogP contribution in [0.2, 0.25) is 5.02 Å². The molecule has 0 saturated carbocycles. The van der Waals surface area contributed by atoms with Crippen LogP contribution in [-0.4, -0.2) is 28.1 Å². The predicted molar refractivity (Wildman–Crippen MR) is 101 cm³/mol. The Labute approximate surface area is 158 Å². The highest BCUT2D eigenvalue weighted by Gasteiger charge is 2.18. The van der Waals surface area contributed by atoms with Crippen LogP contribution < -0.4 is 9.46 Å². The number of carbonyl (C=O) groups is 1. The first-order valence-electron chi connectivity index (χ1n) is 7.98. The molecular formula is C18H20ClNO5S. The molecule has 0 aliphatic rings. The lowest BCUT2D eigenvalue weighted by atomic mass is 10.1. The molecule has 140 valence electrons. The molecule has 0 aliphatic carbocycles. The number of aryl methyl sites for hydroxylation is 1. The van der Waals surface area contributed by atoms with Gasteiger partial charge in [-0.3, -0.25) is 4.72 Å². The largest absolute Gasteiger partial charge is 0.496 e. The van der Waals surface area contributed by atoms with Crippen molar-refractivity contribution in [3.63, 3.8) is 0 Å². The van der Waals surface area contributed by atoms with Gasteiger partial charge in [0.2, 0.25) is 0 Å². The monoisotopic (exact) mass is 397 g/mol. The van der Waals surface area contributed by atoms with Gasteiger partial charge in [-0.1, -0.05) is 18.5 Å². The van der Waals surface area contributed by atoms with Crippen molar-refractivity contribution in [2.45, 2.75) is 25.2 Å². The third-order valence-corrected chi connectivity index (χ3v) is 5.37. The molecular weight excluding hydrogens is 378 g/mol. The lowest BCUT2D eigenvalue weighted by Gasteiger charge is -2.12. The molecule has 0 fully saturated rings. The van der Waals surface area contributed by atoms with E-state index in [2.05, 4.69) is 4.72 Å². The number of ether oxygens (including phenoxy) is 2. The number of sulfonamides is 1. The minimum absolute atomic E-state index is 0.0951. The molecule has 0 saturated heterocycles. The Kier molecular flexibility index (Phi) is 6.50. The zero-order valence-electron chi connectivity index (χ0n) is 14.7. The van der Waals surface area contributed by atoms with E-state index in [0.717, 1.165) is 5.56 Å². The van der Waals surface area contributed by atoms with Crippen LogP contribution in [-0.2, 0) is 21.2 Å². The molecule has 0 aliphatic heterocycles. The number of hydrogen-bond donors (Lipinski definition) is 1. The van der Waals surface area contributed by atoms with E-state index in [1.54, 1.807) is 19.1 Å². The molecule has 1 N–H and O–H groups in total. The lowest BCUT2D eigenvalue weighted by molar-refractivity contribution is 0.0526. The Bertz CT molecular complexity index is 912. The van der Waals surface area contributed by atoms with E-state index in [1.165, 1.54) is 31.4 Å². The SMILES string of the molecule is CCOC(=O)c1cc(NS(=O)(=O)c2ccc(OC)c(CC)c2)ccc1Cl. The first kappa shape index (κ1) is 20.1. The summed E-state index contributed by atoms with van der Waals surface area (Å²) in [6, 6.07) is 8.90. The van der Waals surface area contributed by atoms with Crippen molar-refractivity contribution in [2.24, 2.45) is 0 Å². The van der Waals surface area contributed by atoms with Crippen LogP contribution in [0, 0.1) is 0 Å². The van der Waals surface area contributed by atoms with Crippen molar-refractivity contribution in [3.05, 3.63) is 52.5 Å².